The van der Waals surface area contributed by atoms with Gasteiger partial charge in [0, 0.05) is 5.56 Å². The number of aryl methyl sites for hydroxylation is 3. The van der Waals surface area contributed by atoms with Crippen LogP contribution >= 0.6 is 0 Å². The first-order valence-corrected chi connectivity index (χ1v) is 8.92. The largest absolute Gasteiger partial charge is 0.507 e. The van der Waals surface area contributed by atoms with Crippen LogP contribution in [0, 0.1) is 20.8 Å². The van der Waals surface area contributed by atoms with Crippen molar-refractivity contribution in [1.82, 2.24) is 0 Å². The second-order valence-electron chi connectivity index (χ2n) is 7.16. The predicted octanol–water partition coefficient (Wildman–Crippen LogP) is 5.38. The Hall–Kier alpha value is -2.03. The summed E-state index contributed by atoms with van der Waals surface area (Å²) < 4.78 is 5.34. The lowest BCUT2D eigenvalue weighted by Crippen LogP contribution is -2.09. The molecule has 2 aromatic rings. The van der Waals surface area contributed by atoms with Crippen molar-refractivity contribution >= 4 is 0 Å². The molecule has 0 atom stereocenters. The maximum absolute atomic E-state index is 12.4. The topological polar surface area (TPSA) is 50.4 Å². The number of benzene rings is 1. The highest BCUT2D eigenvalue weighted by atomic mass is 16.4. The quantitative estimate of drug-likeness (QED) is 0.754. The van der Waals surface area contributed by atoms with E-state index in [-0.39, 0.29) is 11.7 Å². The SMILES string of the molecule is Cc1cc(C)c(-c2c(O)c(C3CCCCCC3)coc2=O)c(C)c1. The van der Waals surface area contributed by atoms with E-state index in [0.717, 1.165) is 40.7 Å². The second kappa shape index (κ2) is 6.84. The van der Waals surface area contributed by atoms with Gasteiger partial charge in [-0.1, -0.05) is 43.4 Å². The monoisotopic (exact) mass is 326 g/mol. The van der Waals surface area contributed by atoms with Gasteiger partial charge in [0.2, 0.25) is 0 Å². The van der Waals surface area contributed by atoms with Crippen LogP contribution in [-0.4, -0.2) is 5.11 Å². The molecule has 3 nitrogen and oxygen atoms in total. The Morgan fingerprint density at radius 3 is 2.12 bits per heavy atom. The zero-order chi connectivity index (χ0) is 17.3. The van der Waals surface area contributed by atoms with Crippen molar-refractivity contribution in [3.05, 3.63) is 51.1 Å². The highest BCUT2D eigenvalue weighted by Crippen LogP contribution is 2.41. The molecule has 1 saturated carbocycles. The minimum Gasteiger partial charge on any atom is -0.507 e. The molecule has 1 aliphatic carbocycles. The molecule has 3 rings (SSSR count). The summed E-state index contributed by atoms with van der Waals surface area (Å²) in [7, 11) is 0. The van der Waals surface area contributed by atoms with Crippen molar-refractivity contribution in [2.45, 2.75) is 65.2 Å². The third-order valence-corrected chi connectivity index (χ3v) is 5.23. The van der Waals surface area contributed by atoms with Crippen molar-refractivity contribution in [2.24, 2.45) is 0 Å². The second-order valence-corrected chi connectivity index (χ2v) is 7.16. The maximum atomic E-state index is 12.4. The van der Waals surface area contributed by atoms with Crippen LogP contribution in [0.3, 0.4) is 0 Å². The Morgan fingerprint density at radius 2 is 1.54 bits per heavy atom. The van der Waals surface area contributed by atoms with Crippen LogP contribution < -0.4 is 5.63 Å². The summed E-state index contributed by atoms with van der Waals surface area (Å²) in [5.41, 5.74) is 4.61. The minimum atomic E-state index is -0.458. The number of hydrogen-bond acceptors (Lipinski definition) is 3. The smallest absolute Gasteiger partial charge is 0.347 e. The van der Waals surface area contributed by atoms with Crippen LogP contribution in [0.25, 0.3) is 11.1 Å². The van der Waals surface area contributed by atoms with Gasteiger partial charge in [0.1, 0.15) is 17.6 Å². The highest BCUT2D eigenvalue weighted by Gasteiger charge is 2.24. The summed E-state index contributed by atoms with van der Waals surface area (Å²) in [5, 5.41) is 10.9. The van der Waals surface area contributed by atoms with Crippen molar-refractivity contribution < 1.29 is 9.52 Å². The van der Waals surface area contributed by atoms with Crippen LogP contribution in [0.5, 0.6) is 5.75 Å². The zero-order valence-corrected chi connectivity index (χ0v) is 14.8. The average molecular weight is 326 g/mol. The van der Waals surface area contributed by atoms with Gasteiger partial charge in [0.25, 0.3) is 0 Å². The Balaban J connectivity index is 2.16. The molecule has 1 aromatic heterocycles. The molecule has 0 radical (unpaired) electrons. The van der Waals surface area contributed by atoms with Crippen molar-refractivity contribution in [2.75, 3.05) is 0 Å². The lowest BCUT2D eigenvalue weighted by atomic mass is 9.88. The van der Waals surface area contributed by atoms with Crippen molar-refractivity contribution in [3.63, 3.8) is 0 Å². The van der Waals surface area contributed by atoms with Crippen molar-refractivity contribution in [1.29, 1.82) is 0 Å². The number of aromatic hydroxyl groups is 1. The van der Waals surface area contributed by atoms with Gasteiger partial charge in [-0.2, -0.15) is 0 Å². The number of rotatable bonds is 2. The molecule has 1 N–H and O–H groups in total. The fourth-order valence-electron chi connectivity index (χ4n) is 4.15. The molecule has 3 heteroatoms. The molecule has 0 aliphatic heterocycles. The summed E-state index contributed by atoms with van der Waals surface area (Å²) in [6.07, 6.45) is 8.41. The summed E-state index contributed by atoms with van der Waals surface area (Å²) in [5.74, 6) is 0.398. The van der Waals surface area contributed by atoms with Gasteiger partial charge in [0.05, 0.1) is 0 Å². The lowest BCUT2D eigenvalue weighted by molar-refractivity contribution is 0.423. The normalized spacial score (nSPS) is 16.1. The molecule has 1 fully saturated rings. The molecule has 0 saturated heterocycles. The predicted molar refractivity (Wildman–Crippen MR) is 96.7 cm³/mol. The van der Waals surface area contributed by atoms with Crippen LogP contribution in [0.2, 0.25) is 0 Å². The minimum absolute atomic E-state index is 0.119. The molecule has 128 valence electrons. The van der Waals surface area contributed by atoms with E-state index in [0.29, 0.717) is 5.56 Å². The van der Waals surface area contributed by atoms with E-state index in [9.17, 15) is 9.90 Å². The van der Waals surface area contributed by atoms with E-state index in [1.165, 1.54) is 31.9 Å². The van der Waals surface area contributed by atoms with Gasteiger partial charge in [-0.15, -0.1) is 0 Å². The molecule has 0 bridgehead atoms. The van der Waals surface area contributed by atoms with E-state index < -0.39 is 5.63 Å². The fraction of sp³-hybridized carbons (Fsp3) is 0.476. The highest BCUT2D eigenvalue weighted by molar-refractivity contribution is 5.76. The molecule has 0 unspecified atom stereocenters. The van der Waals surface area contributed by atoms with Gasteiger partial charge >= 0.3 is 5.63 Å². The fourth-order valence-corrected chi connectivity index (χ4v) is 4.15. The molecule has 0 amide bonds. The van der Waals surface area contributed by atoms with Gasteiger partial charge in [-0.3, -0.25) is 0 Å². The Bertz CT molecular complexity index is 770. The van der Waals surface area contributed by atoms with E-state index in [4.69, 9.17) is 4.42 Å². The van der Waals surface area contributed by atoms with Crippen molar-refractivity contribution in [3.8, 4) is 16.9 Å². The first kappa shape index (κ1) is 16.8. The average Bonchev–Trinajstić information content (AvgIpc) is 2.78. The summed E-state index contributed by atoms with van der Waals surface area (Å²) in [4.78, 5) is 12.4. The maximum Gasteiger partial charge on any atom is 0.347 e. The number of hydrogen-bond donors (Lipinski definition) is 1. The Kier molecular flexibility index (Phi) is 4.79. The van der Waals surface area contributed by atoms with Crippen LogP contribution in [0.1, 0.15) is 66.7 Å². The molecular weight excluding hydrogens is 300 g/mol. The summed E-state index contributed by atoms with van der Waals surface area (Å²) in [6, 6.07) is 4.08. The molecule has 24 heavy (non-hydrogen) atoms. The zero-order valence-electron chi connectivity index (χ0n) is 14.8. The molecule has 1 aliphatic rings. The third-order valence-electron chi connectivity index (χ3n) is 5.23. The Labute approximate surface area is 143 Å². The Morgan fingerprint density at radius 1 is 0.958 bits per heavy atom. The summed E-state index contributed by atoms with van der Waals surface area (Å²) >= 11 is 0. The van der Waals surface area contributed by atoms with Crippen LogP contribution in [-0.2, 0) is 0 Å². The van der Waals surface area contributed by atoms with Crippen LogP contribution in [0.4, 0.5) is 0 Å². The first-order valence-electron chi connectivity index (χ1n) is 8.92. The standard InChI is InChI=1S/C21H26O3/c1-13-10-14(2)18(15(3)11-13)19-20(22)17(12-24-21(19)23)16-8-6-4-5-7-9-16/h10-12,16,22H,4-9H2,1-3H3. The lowest BCUT2D eigenvalue weighted by Gasteiger charge is -2.18. The first-order chi connectivity index (χ1) is 11.5. The van der Waals surface area contributed by atoms with Gasteiger partial charge in [-0.25, -0.2) is 4.79 Å². The van der Waals surface area contributed by atoms with E-state index >= 15 is 0 Å². The van der Waals surface area contributed by atoms with Crippen LogP contribution in [0.15, 0.2) is 27.6 Å². The third kappa shape index (κ3) is 3.12. The summed E-state index contributed by atoms with van der Waals surface area (Å²) in [6.45, 7) is 5.99. The molecule has 0 spiro atoms. The molecule has 1 heterocycles. The van der Waals surface area contributed by atoms with E-state index in [2.05, 4.69) is 0 Å². The van der Waals surface area contributed by atoms with Gasteiger partial charge in [0.15, 0.2) is 0 Å². The van der Waals surface area contributed by atoms with Gasteiger partial charge < -0.3 is 9.52 Å². The van der Waals surface area contributed by atoms with Gasteiger partial charge in [-0.05, 0) is 56.2 Å². The molecular formula is C21H26O3. The molecule has 1 aromatic carbocycles. The van der Waals surface area contributed by atoms with E-state index in [1.807, 2.05) is 32.9 Å². The van der Waals surface area contributed by atoms with E-state index in [1.54, 1.807) is 0 Å².